The summed E-state index contributed by atoms with van der Waals surface area (Å²) < 4.78 is 8.09. The molecule has 0 rings (SSSR count). The van der Waals surface area contributed by atoms with Crippen LogP contribution in [0.4, 0.5) is 14.4 Å². The Kier molecular flexibility index (Phi) is 8.20. The van der Waals surface area contributed by atoms with Crippen LogP contribution < -0.4 is 17.2 Å². The molecular formula is C9H13N5O12. The highest BCUT2D eigenvalue weighted by molar-refractivity contribution is 5.90. The molecule has 0 aromatic heterocycles. The number of aliphatic hydroxyl groups excluding tert-OH is 2. The van der Waals surface area contributed by atoms with Gasteiger partial charge >= 0.3 is 36.1 Å². The first kappa shape index (κ1) is 22.3. The lowest BCUT2D eigenvalue weighted by molar-refractivity contribution is -0.247. The Hall–Kier alpha value is -3.70. The fourth-order valence-electron chi connectivity index (χ4n) is 1.06. The minimum Gasteiger partial charge on any atom is -0.402 e. The summed E-state index contributed by atoms with van der Waals surface area (Å²) in [5, 5.41) is 38.2. The molecule has 10 N–H and O–H groups in total. The van der Waals surface area contributed by atoms with Gasteiger partial charge in [0.15, 0.2) is 6.10 Å². The summed E-state index contributed by atoms with van der Waals surface area (Å²) in [7, 11) is 0. The average Bonchev–Trinajstić information content (AvgIpc) is 2.54. The minimum atomic E-state index is -3.72. The molecule has 17 nitrogen and oxygen atoms in total. The lowest BCUT2D eigenvalue weighted by atomic mass is 10.1. The van der Waals surface area contributed by atoms with Crippen molar-refractivity contribution in [3.05, 3.63) is 0 Å². The molecule has 3 amide bonds. The van der Waals surface area contributed by atoms with Crippen LogP contribution in [0, 0.1) is 5.41 Å². The number of nitrogens with two attached hydrogens (primary N) is 3. The molecule has 17 heteroatoms. The summed E-state index contributed by atoms with van der Waals surface area (Å²) in [6.45, 7) is 0. The second-order valence-electron chi connectivity index (χ2n) is 3.86. The molecule has 26 heavy (non-hydrogen) atoms. The van der Waals surface area contributed by atoms with Crippen molar-refractivity contribution >= 4 is 36.5 Å². The van der Waals surface area contributed by atoms with E-state index in [0.717, 1.165) is 0 Å². The van der Waals surface area contributed by atoms with Crippen molar-refractivity contribution in [3.8, 4) is 0 Å². The maximum absolute atomic E-state index is 11.9. The van der Waals surface area contributed by atoms with Gasteiger partial charge in [0, 0.05) is 11.4 Å². The topological polar surface area (TPSA) is 289 Å². The van der Waals surface area contributed by atoms with E-state index in [-0.39, 0.29) is 6.21 Å². The van der Waals surface area contributed by atoms with Crippen LogP contribution in [0.5, 0.6) is 0 Å². The number of oxime groups is 1. The number of amides is 3. The Morgan fingerprint density at radius 1 is 1.04 bits per heavy atom. The number of nitrogens with one attached hydrogen (secondary N) is 1. The molecule has 0 heterocycles. The molecule has 3 unspecified atom stereocenters. The van der Waals surface area contributed by atoms with E-state index in [9.17, 15) is 34.5 Å². The molecule has 0 saturated heterocycles. The number of esters is 1. The minimum absolute atomic E-state index is 0.144. The van der Waals surface area contributed by atoms with Crippen LogP contribution in [0.3, 0.4) is 0 Å². The van der Waals surface area contributed by atoms with Gasteiger partial charge in [-0.1, -0.05) is 0 Å². The van der Waals surface area contributed by atoms with Gasteiger partial charge in [-0.05, 0) is 0 Å². The number of hydrogen-bond donors (Lipinski definition) is 7. The van der Waals surface area contributed by atoms with Crippen molar-refractivity contribution in [1.82, 2.24) is 0 Å². The van der Waals surface area contributed by atoms with Crippen molar-refractivity contribution in [3.63, 3.8) is 0 Å². The third-order valence-corrected chi connectivity index (χ3v) is 2.03. The molecule has 0 saturated carbocycles. The van der Waals surface area contributed by atoms with E-state index in [2.05, 4.69) is 46.4 Å². The predicted molar refractivity (Wildman–Crippen MR) is 72.4 cm³/mol. The van der Waals surface area contributed by atoms with Crippen molar-refractivity contribution in [2.45, 2.75) is 18.0 Å². The Morgan fingerprint density at radius 2 is 1.62 bits per heavy atom. The first-order chi connectivity index (χ1) is 11.9. The van der Waals surface area contributed by atoms with Crippen molar-refractivity contribution in [2.24, 2.45) is 22.4 Å². The highest BCUT2D eigenvalue weighted by Crippen LogP contribution is 2.18. The maximum Gasteiger partial charge on any atom is 0.474 e. The fraction of sp³-hybridized carbons (Fsp3) is 0.333. The number of aliphatic hydroxyl groups is 3. The number of nitrogens with zero attached hydrogens (tertiary/aromatic N) is 1. The molecule has 146 valence electrons. The number of carbonyl (C=O) groups excluding carboxylic acids is 4. The van der Waals surface area contributed by atoms with E-state index in [4.69, 9.17) is 5.41 Å². The quantitative estimate of drug-likeness (QED) is 0.0440. The Morgan fingerprint density at radius 3 is 2.04 bits per heavy atom. The molecule has 0 radical (unpaired) electrons. The third kappa shape index (κ3) is 6.82. The van der Waals surface area contributed by atoms with E-state index < -0.39 is 48.3 Å². The highest BCUT2D eigenvalue weighted by Gasteiger charge is 2.53. The average molecular weight is 383 g/mol. The molecular weight excluding hydrogens is 370 g/mol. The third-order valence-electron chi connectivity index (χ3n) is 2.03. The van der Waals surface area contributed by atoms with E-state index in [0.29, 0.717) is 0 Å². The molecule has 0 aliphatic rings. The van der Waals surface area contributed by atoms with E-state index >= 15 is 0 Å². The first-order valence-corrected chi connectivity index (χ1v) is 5.92. The maximum atomic E-state index is 11.9. The standard InChI is InChI=1S/C9H13N5O12/c10-1-2(15)3(16)9(21,23-5(11)18)4(17)22-8(14-24-6(12)19)26-25-7(13)20/h1-3,10,15-16,21H,(H2,11,18)(H2,12,19)(H2,13,20). The second-order valence-corrected chi connectivity index (χ2v) is 3.86. The van der Waals surface area contributed by atoms with Crippen molar-refractivity contribution in [1.29, 1.82) is 5.41 Å². The molecule has 0 aliphatic heterocycles. The normalized spacial score (nSPS) is 15.4. The highest BCUT2D eigenvalue weighted by atomic mass is 17.2. The summed E-state index contributed by atoms with van der Waals surface area (Å²) in [5.74, 6) is -5.88. The lowest BCUT2D eigenvalue weighted by Gasteiger charge is -2.29. The van der Waals surface area contributed by atoms with Crippen LogP contribution in [0.1, 0.15) is 0 Å². The lowest BCUT2D eigenvalue weighted by Crippen LogP contribution is -2.59. The van der Waals surface area contributed by atoms with Gasteiger partial charge in [0.1, 0.15) is 6.10 Å². The molecule has 0 aromatic rings. The van der Waals surface area contributed by atoms with Crippen LogP contribution >= 0.6 is 0 Å². The van der Waals surface area contributed by atoms with Crippen molar-refractivity contribution in [2.75, 3.05) is 0 Å². The van der Waals surface area contributed by atoms with Crippen LogP contribution in [0.15, 0.2) is 5.16 Å². The Balaban J connectivity index is 5.59. The number of carbonyl (C=O) groups is 4. The predicted octanol–water partition coefficient (Wildman–Crippen LogP) is -3.92. The van der Waals surface area contributed by atoms with Crippen LogP contribution in [0.25, 0.3) is 0 Å². The van der Waals surface area contributed by atoms with Crippen molar-refractivity contribution < 1.29 is 58.6 Å². The largest absolute Gasteiger partial charge is 0.474 e. The Bertz CT molecular complexity index is 608. The monoisotopic (exact) mass is 383 g/mol. The zero-order valence-electron chi connectivity index (χ0n) is 12.4. The van der Waals surface area contributed by atoms with Gasteiger partial charge in [-0.3, -0.25) is 4.84 Å². The number of hydrogen-bond acceptors (Lipinski definition) is 14. The number of primary amides is 3. The van der Waals surface area contributed by atoms with Gasteiger partial charge in [-0.25, -0.2) is 29.0 Å². The summed E-state index contributed by atoms with van der Waals surface area (Å²) in [4.78, 5) is 55.0. The van der Waals surface area contributed by atoms with Crippen LogP contribution in [-0.4, -0.2) is 69.9 Å². The number of rotatable bonds is 6. The summed E-state index contributed by atoms with van der Waals surface area (Å²) in [6.07, 6.45) is -11.4. The van der Waals surface area contributed by atoms with Gasteiger partial charge in [-0.15, -0.1) is 0 Å². The molecule has 0 spiro atoms. The summed E-state index contributed by atoms with van der Waals surface area (Å²) in [6, 6.07) is 0. The zero-order chi connectivity index (χ0) is 20.5. The second kappa shape index (κ2) is 9.56. The van der Waals surface area contributed by atoms with Crippen LogP contribution in [0.2, 0.25) is 0 Å². The van der Waals surface area contributed by atoms with Gasteiger partial charge in [0.05, 0.1) is 0 Å². The van der Waals surface area contributed by atoms with Gasteiger partial charge in [-0.2, -0.15) is 0 Å². The fourth-order valence-corrected chi connectivity index (χ4v) is 1.06. The van der Waals surface area contributed by atoms with Gasteiger partial charge < -0.3 is 47.4 Å². The molecule has 0 aromatic carbocycles. The number of ether oxygens (including phenoxy) is 2. The molecule has 0 fully saturated rings. The smallest absolute Gasteiger partial charge is 0.402 e. The van der Waals surface area contributed by atoms with E-state index in [1.54, 1.807) is 0 Å². The summed E-state index contributed by atoms with van der Waals surface area (Å²) >= 11 is 0. The van der Waals surface area contributed by atoms with Gasteiger partial charge in [0.25, 0.3) is 0 Å². The van der Waals surface area contributed by atoms with Gasteiger partial charge in [0.2, 0.25) is 0 Å². The Labute approximate surface area is 142 Å². The SMILES string of the molecule is N=CC(O)C(O)C(O)(OC(N)=O)C(=O)OC(=NOC(N)=O)OOC(N)=O. The summed E-state index contributed by atoms with van der Waals surface area (Å²) in [5.41, 5.74) is 13.7. The molecule has 0 aliphatic carbocycles. The molecule has 0 bridgehead atoms. The first-order valence-electron chi connectivity index (χ1n) is 5.92. The van der Waals surface area contributed by atoms with E-state index in [1.807, 2.05) is 0 Å². The van der Waals surface area contributed by atoms with Crippen LogP contribution in [-0.2, 0) is 28.9 Å². The van der Waals surface area contributed by atoms with E-state index in [1.165, 1.54) is 0 Å². The molecule has 3 atom stereocenters. The zero-order valence-corrected chi connectivity index (χ0v) is 12.4.